The molecule has 0 amide bonds. The molecule has 7 heteroatoms. The average Bonchev–Trinajstić information content (AvgIpc) is 3.17. The molecule has 0 bridgehead atoms. The zero-order valence-corrected chi connectivity index (χ0v) is 16.7. The average molecular weight is 404 g/mol. The molecule has 0 aliphatic heterocycles. The first-order valence-electron chi connectivity index (χ1n) is 9.90. The van der Waals surface area contributed by atoms with Crippen LogP contribution in [0.25, 0.3) is 21.5 Å². The number of benzene rings is 1. The molecule has 3 aromatic heterocycles. The molecule has 4 aromatic rings. The number of rotatable bonds is 5. The van der Waals surface area contributed by atoms with Crippen molar-refractivity contribution in [2.45, 2.75) is 38.1 Å². The number of hydrogen-bond donors (Lipinski definition) is 1. The number of hydrogen-bond acceptors (Lipinski definition) is 7. The third-order valence-corrected chi connectivity index (χ3v) is 6.05. The number of nitrogens with one attached hydrogen (secondary N) is 1. The van der Waals surface area contributed by atoms with Crippen LogP contribution in [-0.4, -0.2) is 26.0 Å². The van der Waals surface area contributed by atoms with E-state index in [1.54, 1.807) is 42.3 Å². The molecule has 0 radical (unpaired) electrons. The highest BCUT2D eigenvalue weighted by atomic mass is 32.1. The summed E-state index contributed by atoms with van der Waals surface area (Å²) in [5.74, 6) is 1.43. The summed E-state index contributed by atoms with van der Waals surface area (Å²) < 4.78 is 7.17. The van der Waals surface area contributed by atoms with Crippen LogP contribution < -0.4 is 10.1 Å². The van der Waals surface area contributed by atoms with Crippen LogP contribution in [0.2, 0.25) is 0 Å². The van der Waals surface area contributed by atoms with Gasteiger partial charge in [-0.25, -0.2) is 4.98 Å². The third kappa shape index (κ3) is 4.19. The van der Waals surface area contributed by atoms with E-state index < -0.39 is 0 Å². The number of ether oxygens (including phenoxy) is 1. The first kappa shape index (κ1) is 18.0. The van der Waals surface area contributed by atoms with Gasteiger partial charge in [0.2, 0.25) is 0 Å². The van der Waals surface area contributed by atoms with Crippen LogP contribution in [0.1, 0.15) is 32.1 Å². The third-order valence-electron chi connectivity index (χ3n) is 5.10. The molecule has 1 aliphatic carbocycles. The highest BCUT2D eigenvalue weighted by molar-refractivity contribution is 7.22. The van der Waals surface area contributed by atoms with Crippen LogP contribution in [0.4, 0.5) is 5.13 Å². The molecular weight excluding hydrogens is 382 g/mol. The summed E-state index contributed by atoms with van der Waals surface area (Å²) in [6.45, 7) is 0. The smallest absolute Gasteiger partial charge is 0.184 e. The summed E-state index contributed by atoms with van der Waals surface area (Å²) in [5.41, 5.74) is 2.63. The highest BCUT2D eigenvalue weighted by Gasteiger charge is 2.15. The Labute approximate surface area is 173 Å². The minimum Gasteiger partial charge on any atom is -0.456 e. The van der Waals surface area contributed by atoms with Gasteiger partial charge in [0.15, 0.2) is 5.13 Å². The van der Waals surface area contributed by atoms with E-state index in [4.69, 9.17) is 9.72 Å². The lowest BCUT2D eigenvalue weighted by molar-refractivity contribution is 0.462. The molecule has 29 heavy (non-hydrogen) atoms. The first-order chi connectivity index (χ1) is 14.3. The Hall–Kier alpha value is -3.06. The standard InChI is InChI=1S/C22H21N5OS/c1-2-4-16(5-3-1)26-22-27-19-7-6-17(11-21(19)29-22)28-18-10-15(12-24-13-18)20-14-23-8-9-25-20/h6-14,16H,1-5H2,(H,26,27). The fraction of sp³-hybridized carbons (Fsp3) is 0.273. The van der Waals surface area contributed by atoms with Gasteiger partial charge < -0.3 is 10.1 Å². The predicted octanol–water partition coefficient (Wildman–Crippen LogP) is 5.69. The van der Waals surface area contributed by atoms with Gasteiger partial charge in [-0.1, -0.05) is 30.6 Å². The van der Waals surface area contributed by atoms with E-state index in [0.29, 0.717) is 11.8 Å². The van der Waals surface area contributed by atoms with Gasteiger partial charge in [-0.15, -0.1) is 0 Å². The van der Waals surface area contributed by atoms with Crippen LogP contribution in [0, 0.1) is 0 Å². The van der Waals surface area contributed by atoms with Gasteiger partial charge in [-0.05, 0) is 31.0 Å². The Morgan fingerprint density at radius 3 is 2.72 bits per heavy atom. The monoisotopic (exact) mass is 403 g/mol. The molecule has 1 aromatic carbocycles. The highest BCUT2D eigenvalue weighted by Crippen LogP contribution is 2.33. The van der Waals surface area contributed by atoms with E-state index in [2.05, 4.69) is 20.3 Å². The Morgan fingerprint density at radius 1 is 0.931 bits per heavy atom. The summed E-state index contributed by atoms with van der Waals surface area (Å²) >= 11 is 1.68. The minimum atomic E-state index is 0.551. The van der Waals surface area contributed by atoms with Crippen molar-refractivity contribution in [1.82, 2.24) is 19.9 Å². The lowest BCUT2D eigenvalue weighted by Gasteiger charge is -2.22. The fourth-order valence-corrected chi connectivity index (χ4v) is 4.62. The molecule has 0 unspecified atom stereocenters. The molecule has 0 atom stereocenters. The predicted molar refractivity (Wildman–Crippen MR) is 115 cm³/mol. The van der Waals surface area contributed by atoms with E-state index in [1.165, 1.54) is 32.1 Å². The van der Waals surface area contributed by atoms with Crippen LogP contribution in [0.3, 0.4) is 0 Å². The van der Waals surface area contributed by atoms with Crippen LogP contribution >= 0.6 is 11.3 Å². The topological polar surface area (TPSA) is 72.8 Å². The summed E-state index contributed by atoms with van der Waals surface area (Å²) in [5, 5.41) is 4.60. The van der Waals surface area contributed by atoms with Gasteiger partial charge in [0.05, 0.1) is 28.3 Å². The van der Waals surface area contributed by atoms with Crippen molar-refractivity contribution < 1.29 is 4.74 Å². The molecule has 1 aliphatic rings. The maximum Gasteiger partial charge on any atom is 0.184 e. The molecule has 146 valence electrons. The lowest BCUT2D eigenvalue weighted by atomic mass is 9.96. The van der Waals surface area contributed by atoms with E-state index in [9.17, 15) is 0 Å². The molecule has 0 saturated heterocycles. The molecule has 1 N–H and O–H groups in total. The van der Waals surface area contributed by atoms with Gasteiger partial charge >= 0.3 is 0 Å². The van der Waals surface area contributed by atoms with Crippen molar-refractivity contribution in [2.75, 3.05) is 5.32 Å². The number of aromatic nitrogens is 4. The second-order valence-corrected chi connectivity index (χ2v) is 8.26. The Balaban J connectivity index is 1.34. The Kier molecular flexibility index (Phi) is 5.04. The van der Waals surface area contributed by atoms with Gasteiger partial charge in [-0.2, -0.15) is 0 Å². The molecule has 3 heterocycles. The fourth-order valence-electron chi connectivity index (χ4n) is 3.65. The molecular formula is C22H21N5OS. The molecule has 5 rings (SSSR count). The molecule has 1 saturated carbocycles. The van der Waals surface area contributed by atoms with Gasteiger partial charge in [0.25, 0.3) is 0 Å². The summed E-state index contributed by atoms with van der Waals surface area (Å²) in [6.07, 6.45) is 14.9. The Morgan fingerprint density at radius 2 is 1.86 bits per heavy atom. The van der Waals surface area contributed by atoms with Gasteiger partial charge in [-0.3, -0.25) is 15.0 Å². The van der Waals surface area contributed by atoms with Crippen molar-refractivity contribution in [3.8, 4) is 22.8 Å². The first-order valence-corrected chi connectivity index (χ1v) is 10.7. The summed E-state index contributed by atoms with van der Waals surface area (Å²) in [7, 11) is 0. The maximum absolute atomic E-state index is 6.06. The van der Waals surface area contributed by atoms with Crippen molar-refractivity contribution in [3.63, 3.8) is 0 Å². The largest absolute Gasteiger partial charge is 0.456 e. The summed E-state index contributed by atoms with van der Waals surface area (Å²) in [4.78, 5) is 17.4. The maximum atomic E-state index is 6.06. The SMILES string of the molecule is c1cnc(-c2cncc(Oc3ccc4nc(NC5CCCCC5)sc4c3)c2)cn1. The minimum absolute atomic E-state index is 0.551. The quantitative estimate of drug-likeness (QED) is 0.462. The van der Waals surface area contributed by atoms with Crippen molar-refractivity contribution in [3.05, 3.63) is 55.2 Å². The van der Waals surface area contributed by atoms with Crippen molar-refractivity contribution in [1.29, 1.82) is 0 Å². The van der Waals surface area contributed by atoms with E-state index >= 15 is 0 Å². The lowest BCUT2D eigenvalue weighted by Crippen LogP contribution is -2.21. The van der Waals surface area contributed by atoms with Crippen molar-refractivity contribution >= 4 is 26.7 Å². The van der Waals surface area contributed by atoms with Crippen LogP contribution in [-0.2, 0) is 0 Å². The number of anilines is 1. The number of thiazole rings is 1. The van der Waals surface area contributed by atoms with E-state index in [1.807, 2.05) is 24.3 Å². The number of fused-ring (bicyclic) bond motifs is 1. The normalized spacial score (nSPS) is 14.8. The molecule has 0 spiro atoms. The van der Waals surface area contributed by atoms with Crippen molar-refractivity contribution in [2.24, 2.45) is 0 Å². The second-order valence-electron chi connectivity index (χ2n) is 7.23. The second kappa shape index (κ2) is 8.13. The zero-order chi connectivity index (χ0) is 19.5. The van der Waals surface area contributed by atoms with Crippen LogP contribution in [0.15, 0.2) is 55.2 Å². The van der Waals surface area contributed by atoms with E-state index in [0.717, 1.165) is 32.4 Å². The Bertz CT molecular complexity index is 1110. The molecule has 1 fully saturated rings. The van der Waals surface area contributed by atoms with E-state index in [-0.39, 0.29) is 0 Å². The molecule has 6 nitrogen and oxygen atoms in total. The number of nitrogens with zero attached hydrogens (tertiary/aromatic N) is 4. The summed E-state index contributed by atoms with van der Waals surface area (Å²) in [6, 6.07) is 8.46. The van der Waals surface area contributed by atoms with Gasteiger partial charge in [0, 0.05) is 36.3 Å². The number of pyridine rings is 1. The van der Waals surface area contributed by atoms with Gasteiger partial charge in [0.1, 0.15) is 11.5 Å². The van der Waals surface area contributed by atoms with Crippen LogP contribution in [0.5, 0.6) is 11.5 Å². The zero-order valence-electron chi connectivity index (χ0n) is 15.9.